The minimum atomic E-state index is 0.345. The molecule has 2 fully saturated rings. The van der Waals surface area contributed by atoms with E-state index in [9.17, 15) is 0 Å². The first kappa shape index (κ1) is 16.8. The van der Waals surface area contributed by atoms with Crippen LogP contribution in [0.4, 0.5) is 0 Å². The monoisotopic (exact) mass is 346 g/mol. The number of aromatic nitrogens is 3. The Balaban J connectivity index is 1.37. The maximum absolute atomic E-state index is 5.97. The molecule has 2 N–H and O–H groups in total. The summed E-state index contributed by atoms with van der Waals surface area (Å²) in [5, 5.41) is 11.7. The Labute approximate surface area is 149 Å². The number of nitrogens with one attached hydrogen (secondary N) is 2. The molecule has 1 aromatic rings. The zero-order valence-corrected chi connectivity index (χ0v) is 15.4. The molecule has 1 aliphatic heterocycles. The first-order chi connectivity index (χ1) is 12.2. The van der Waals surface area contributed by atoms with E-state index < -0.39 is 0 Å². The van der Waals surface area contributed by atoms with Gasteiger partial charge in [0.05, 0.1) is 12.6 Å². The second kappa shape index (κ2) is 6.94. The normalized spacial score (nSPS) is 30.3. The molecule has 0 bridgehead atoms. The summed E-state index contributed by atoms with van der Waals surface area (Å²) in [6, 6.07) is 0.841. The summed E-state index contributed by atoms with van der Waals surface area (Å²) >= 11 is 0. The van der Waals surface area contributed by atoms with Crippen molar-refractivity contribution in [2.24, 2.45) is 10.4 Å². The Morgan fingerprint density at radius 2 is 2.28 bits per heavy atom. The van der Waals surface area contributed by atoms with Crippen molar-refractivity contribution in [3.05, 3.63) is 12.2 Å². The molecule has 2 saturated carbocycles. The molecular weight excluding hydrogens is 316 g/mol. The van der Waals surface area contributed by atoms with Gasteiger partial charge in [-0.15, -0.1) is 0 Å². The Bertz CT molecular complexity index is 623. The first-order valence-electron chi connectivity index (χ1n) is 9.81. The van der Waals surface area contributed by atoms with E-state index in [1.54, 1.807) is 6.33 Å². The average molecular weight is 346 g/mol. The number of aryl methyl sites for hydroxylation is 1. The molecule has 3 aliphatic rings. The summed E-state index contributed by atoms with van der Waals surface area (Å²) in [5.74, 6) is 2.04. The van der Waals surface area contributed by atoms with E-state index in [4.69, 9.17) is 4.74 Å². The average Bonchev–Trinajstić information content (AvgIpc) is 3.00. The van der Waals surface area contributed by atoms with Gasteiger partial charge in [-0.2, -0.15) is 5.10 Å². The fourth-order valence-electron chi connectivity index (χ4n) is 4.65. The molecule has 3 unspecified atom stereocenters. The number of nitrogens with zero attached hydrogens (tertiary/aromatic N) is 4. The quantitative estimate of drug-likeness (QED) is 0.624. The number of hydrogen-bond acceptors (Lipinski definition) is 4. The van der Waals surface area contributed by atoms with Crippen molar-refractivity contribution >= 4 is 5.96 Å². The predicted octanol–water partition coefficient (Wildman–Crippen LogP) is 1.50. The van der Waals surface area contributed by atoms with Crippen molar-refractivity contribution in [1.29, 1.82) is 0 Å². The summed E-state index contributed by atoms with van der Waals surface area (Å²) in [4.78, 5) is 8.99. The lowest BCUT2D eigenvalue weighted by Crippen LogP contribution is -2.69. The first-order valence-corrected chi connectivity index (χ1v) is 9.81. The largest absolute Gasteiger partial charge is 0.378 e. The topological polar surface area (TPSA) is 76.4 Å². The van der Waals surface area contributed by atoms with Gasteiger partial charge >= 0.3 is 0 Å². The van der Waals surface area contributed by atoms with E-state index >= 15 is 0 Å². The van der Waals surface area contributed by atoms with E-state index in [0.29, 0.717) is 23.6 Å². The maximum Gasteiger partial charge on any atom is 0.191 e. The summed E-state index contributed by atoms with van der Waals surface area (Å²) in [7, 11) is 0. The lowest BCUT2D eigenvalue weighted by atomic mass is 9.51. The molecule has 0 radical (unpaired) electrons. The van der Waals surface area contributed by atoms with Crippen LogP contribution in [0.1, 0.15) is 51.8 Å². The fraction of sp³-hybridized carbons (Fsp3) is 0.833. The molecule has 0 aromatic carbocycles. The third-order valence-electron chi connectivity index (χ3n) is 6.21. The van der Waals surface area contributed by atoms with E-state index in [-0.39, 0.29) is 0 Å². The number of rotatable bonds is 5. The van der Waals surface area contributed by atoms with Crippen LogP contribution in [0, 0.1) is 5.41 Å². The van der Waals surface area contributed by atoms with Gasteiger partial charge in [0.25, 0.3) is 0 Å². The van der Waals surface area contributed by atoms with Gasteiger partial charge in [-0.05, 0) is 39.5 Å². The van der Waals surface area contributed by atoms with Crippen molar-refractivity contribution in [3.8, 4) is 0 Å². The number of guanidine groups is 1. The molecular formula is C18H30N6O. The number of hydrogen-bond donors (Lipinski definition) is 2. The number of fused-ring (bicyclic) bond motifs is 1. The summed E-state index contributed by atoms with van der Waals surface area (Å²) < 4.78 is 7.98. The minimum Gasteiger partial charge on any atom is -0.378 e. The van der Waals surface area contributed by atoms with Gasteiger partial charge < -0.3 is 15.4 Å². The van der Waals surface area contributed by atoms with Gasteiger partial charge in [-0.3, -0.25) is 4.99 Å². The summed E-state index contributed by atoms with van der Waals surface area (Å²) in [6.07, 6.45) is 9.10. The van der Waals surface area contributed by atoms with Crippen molar-refractivity contribution in [2.45, 2.75) is 77.1 Å². The summed E-state index contributed by atoms with van der Waals surface area (Å²) in [5.41, 5.74) is 0.345. The lowest BCUT2D eigenvalue weighted by molar-refractivity contribution is -0.168. The van der Waals surface area contributed by atoms with Crippen LogP contribution in [0.15, 0.2) is 11.3 Å². The van der Waals surface area contributed by atoms with Gasteiger partial charge in [0.15, 0.2) is 5.96 Å². The Morgan fingerprint density at radius 3 is 3.00 bits per heavy atom. The SMILES string of the molecule is CCN=C(NC1CCc2ncnn2C1)NC1CC(OCC)C12CCC2. The third kappa shape index (κ3) is 3.03. The van der Waals surface area contributed by atoms with Gasteiger partial charge in [-0.25, -0.2) is 9.67 Å². The molecule has 7 heteroatoms. The smallest absolute Gasteiger partial charge is 0.191 e. The highest BCUT2D eigenvalue weighted by Crippen LogP contribution is 2.57. The highest BCUT2D eigenvalue weighted by Gasteiger charge is 2.59. The van der Waals surface area contributed by atoms with Crippen LogP contribution in [0.3, 0.4) is 0 Å². The van der Waals surface area contributed by atoms with Crippen molar-refractivity contribution in [2.75, 3.05) is 13.2 Å². The van der Waals surface area contributed by atoms with Crippen LogP contribution in [0.25, 0.3) is 0 Å². The second-order valence-corrected chi connectivity index (χ2v) is 7.52. The van der Waals surface area contributed by atoms with Crippen molar-refractivity contribution < 1.29 is 4.74 Å². The Hall–Kier alpha value is -1.63. The molecule has 25 heavy (non-hydrogen) atoms. The maximum atomic E-state index is 5.97. The molecule has 7 nitrogen and oxygen atoms in total. The molecule has 1 aromatic heterocycles. The lowest BCUT2D eigenvalue weighted by Gasteiger charge is -2.61. The van der Waals surface area contributed by atoms with Crippen LogP contribution < -0.4 is 10.6 Å². The van der Waals surface area contributed by atoms with E-state index in [0.717, 1.165) is 50.7 Å². The molecule has 4 rings (SSSR count). The standard InChI is InChI=1S/C18H30N6O/c1-3-19-17(22-13-6-7-16-20-12-21-24(16)11-13)23-14-10-15(25-4-2)18(14)8-5-9-18/h12-15H,3-11H2,1-2H3,(H2,19,22,23). The van der Waals surface area contributed by atoms with E-state index in [1.807, 2.05) is 4.68 Å². The minimum absolute atomic E-state index is 0.345. The van der Waals surface area contributed by atoms with Gasteiger partial charge in [0.2, 0.25) is 0 Å². The van der Waals surface area contributed by atoms with Gasteiger partial charge in [0, 0.05) is 37.1 Å². The van der Waals surface area contributed by atoms with Gasteiger partial charge in [-0.1, -0.05) is 6.42 Å². The van der Waals surface area contributed by atoms with Crippen LogP contribution in [-0.4, -0.2) is 52.1 Å². The molecule has 0 saturated heterocycles. The molecule has 0 amide bonds. The van der Waals surface area contributed by atoms with Crippen LogP contribution in [-0.2, 0) is 17.7 Å². The van der Waals surface area contributed by atoms with Crippen LogP contribution in [0.2, 0.25) is 0 Å². The second-order valence-electron chi connectivity index (χ2n) is 7.52. The molecule has 3 atom stereocenters. The highest BCUT2D eigenvalue weighted by molar-refractivity contribution is 5.80. The molecule has 138 valence electrons. The number of aliphatic imine (C=N–C) groups is 1. The van der Waals surface area contributed by atoms with Crippen molar-refractivity contribution in [1.82, 2.24) is 25.4 Å². The third-order valence-corrected chi connectivity index (χ3v) is 6.21. The highest BCUT2D eigenvalue weighted by atomic mass is 16.5. The molecule has 1 spiro atoms. The number of ether oxygens (including phenoxy) is 1. The van der Waals surface area contributed by atoms with Crippen LogP contribution in [0.5, 0.6) is 0 Å². The zero-order chi connectivity index (χ0) is 17.3. The van der Waals surface area contributed by atoms with E-state index in [2.05, 4.69) is 39.6 Å². The molecule has 2 aliphatic carbocycles. The van der Waals surface area contributed by atoms with Crippen LogP contribution >= 0.6 is 0 Å². The van der Waals surface area contributed by atoms with Gasteiger partial charge in [0.1, 0.15) is 12.2 Å². The predicted molar refractivity (Wildman–Crippen MR) is 96.5 cm³/mol. The summed E-state index contributed by atoms with van der Waals surface area (Å²) in [6.45, 7) is 6.64. The van der Waals surface area contributed by atoms with E-state index in [1.165, 1.54) is 19.3 Å². The fourth-order valence-corrected chi connectivity index (χ4v) is 4.65. The van der Waals surface area contributed by atoms with Crippen molar-refractivity contribution in [3.63, 3.8) is 0 Å². The Kier molecular flexibility index (Phi) is 4.67. The Morgan fingerprint density at radius 1 is 1.40 bits per heavy atom. The molecule has 2 heterocycles. The zero-order valence-electron chi connectivity index (χ0n) is 15.4.